The lowest BCUT2D eigenvalue weighted by atomic mass is 9.81. The van der Waals surface area contributed by atoms with Gasteiger partial charge in [-0.1, -0.05) is 59.4 Å². The number of nitrogens with zero attached hydrogens (tertiary/aromatic N) is 1. The maximum Gasteiger partial charge on any atom is 0.326 e. The van der Waals surface area contributed by atoms with Crippen LogP contribution in [-0.4, -0.2) is 51.4 Å². The van der Waals surface area contributed by atoms with E-state index >= 15 is 0 Å². The second-order valence-electron chi connectivity index (χ2n) is 7.60. The molecule has 1 aromatic rings. The van der Waals surface area contributed by atoms with Crippen LogP contribution in [0.5, 0.6) is 0 Å². The Balaban J connectivity index is 1.32. The van der Waals surface area contributed by atoms with E-state index in [0.717, 1.165) is 15.8 Å². The van der Waals surface area contributed by atoms with E-state index in [1.54, 1.807) is 18.2 Å². The fourth-order valence-electron chi connectivity index (χ4n) is 4.66. The maximum atomic E-state index is 12.8. The number of hydrogen-bond donors (Lipinski definition) is 1. The third-order valence-corrected chi connectivity index (χ3v) is 9.95. The number of esters is 1. The van der Waals surface area contributed by atoms with E-state index in [2.05, 4.69) is 53.1 Å². The first-order chi connectivity index (χ1) is 14.2. The number of ether oxygens (including phenoxy) is 1. The Morgan fingerprint density at radius 1 is 1.13 bits per heavy atom. The fourth-order valence-corrected chi connectivity index (χ4v) is 7.26. The van der Waals surface area contributed by atoms with Gasteiger partial charge in [-0.15, -0.1) is 0 Å². The third-order valence-electron chi connectivity index (χ3n) is 5.94. The van der Waals surface area contributed by atoms with Gasteiger partial charge in [-0.25, -0.2) is 0 Å². The Bertz CT molecular complexity index is 913. The Labute approximate surface area is 202 Å². The van der Waals surface area contributed by atoms with Crippen LogP contribution in [0.25, 0.3) is 0 Å². The first kappa shape index (κ1) is 22.2. The number of imide groups is 1. The maximum absolute atomic E-state index is 12.8. The zero-order chi connectivity index (χ0) is 21.7. The van der Waals surface area contributed by atoms with Crippen molar-refractivity contribution in [2.24, 2.45) is 23.7 Å². The molecule has 0 radical (unpaired) electrons. The van der Waals surface area contributed by atoms with Gasteiger partial charge in [0, 0.05) is 14.1 Å². The largest absolute Gasteiger partial charge is 0.454 e. The highest BCUT2D eigenvalue weighted by atomic mass is 79.9. The van der Waals surface area contributed by atoms with Gasteiger partial charge in [0.25, 0.3) is 5.91 Å². The Kier molecular flexibility index (Phi) is 6.31. The Morgan fingerprint density at radius 2 is 1.73 bits per heavy atom. The van der Waals surface area contributed by atoms with E-state index in [1.165, 1.54) is 0 Å². The van der Waals surface area contributed by atoms with Crippen molar-refractivity contribution in [3.05, 3.63) is 27.7 Å². The zero-order valence-corrected chi connectivity index (χ0v) is 20.8. The molecule has 1 aliphatic heterocycles. The number of carbonyl (C=O) groups is 4. The summed E-state index contributed by atoms with van der Waals surface area (Å²) in [4.78, 5) is 51.0. The van der Waals surface area contributed by atoms with Crippen LogP contribution in [-0.2, 0) is 23.9 Å². The SMILES string of the molecule is O=C(COC(=O)CN1C(=O)[C@@H]2[C@H]3C[C@@H]([C@@H](Br)[C@H]3Br)[C@H]2C1=O)Nc1ccc(Br)cc1Cl. The number of carbonyl (C=O) groups excluding carboxylic acids is 4. The number of likely N-dealkylation sites (tertiary alicyclic amines) is 1. The van der Waals surface area contributed by atoms with Crippen molar-refractivity contribution >= 4 is 88.8 Å². The van der Waals surface area contributed by atoms with Gasteiger partial charge >= 0.3 is 5.97 Å². The molecule has 2 bridgehead atoms. The van der Waals surface area contributed by atoms with Gasteiger partial charge in [0.15, 0.2) is 6.61 Å². The number of fused-ring (bicyclic) bond motifs is 5. The summed E-state index contributed by atoms with van der Waals surface area (Å²) in [5.74, 6) is -2.69. The lowest BCUT2D eigenvalue weighted by Gasteiger charge is -2.28. The summed E-state index contributed by atoms with van der Waals surface area (Å²) in [5, 5.41) is 2.87. The minimum Gasteiger partial charge on any atom is -0.454 e. The van der Waals surface area contributed by atoms with Crippen LogP contribution in [0.1, 0.15) is 6.42 Å². The molecule has 1 saturated heterocycles. The number of alkyl halides is 2. The van der Waals surface area contributed by atoms with Crippen molar-refractivity contribution in [3.8, 4) is 0 Å². The standard InChI is InChI=1S/C19H16Br3ClN2O5/c20-7-1-2-11(10(23)3-7)24-12(26)6-30-13(27)5-25-18(28)14-8-4-9(15(14)19(25)29)17(22)16(8)21/h1-3,8-9,14-17H,4-6H2,(H,24,26)/t8-,9-,14-,15-,16-,17+/m1/s1. The van der Waals surface area contributed by atoms with Gasteiger partial charge in [0.1, 0.15) is 6.54 Å². The molecule has 2 saturated carbocycles. The molecule has 160 valence electrons. The molecule has 3 fully saturated rings. The smallest absolute Gasteiger partial charge is 0.326 e. The van der Waals surface area contributed by atoms with Crippen molar-refractivity contribution in [2.45, 2.75) is 16.1 Å². The van der Waals surface area contributed by atoms with Gasteiger partial charge in [0.2, 0.25) is 11.8 Å². The summed E-state index contributed by atoms with van der Waals surface area (Å²) < 4.78 is 5.72. The number of rotatable bonds is 5. The number of nitrogens with one attached hydrogen (secondary N) is 1. The number of amides is 3. The molecule has 3 aliphatic rings. The van der Waals surface area contributed by atoms with Crippen LogP contribution in [0.15, 0.2) is 22.7 Å². The fraction of sp³-hybridized carbons (Fsp3) is 0.474. The summed E-state index contributed by atoms with van der Waals surface area (Å²) in [7, 11) is 0. The van der Waals surface area contributed by atoms with Crippen LogP contribution in [0.3, 0.4) is 0 Å². The van der Waals surface area contributed by atoms with Gasteiger partial charge in [0.05, 0.1) is 22.5 Å². The van der Waals surface area contributed by atoms with E-state index in [0.29, 0.717) is 10.7 Å². The van der Waals surface area contributed by atoms with Crippen molar-refractivity contribution in [1.82, 2.24) is 4.90 Å². The van der Waals surface area contributed by atoms with Gasteiger partial charge < -0.3 is 10.1 Å². The molecular weight excluding hydrogens is 611 g/mol. The minimum absolute atomic E-state index is 0.0725. The highest BCUT2D eigenvalue weighted by Gasteiger charge is 2.66. The van der Waals surface area contributed by atoms with Gasteiger partial charge in [-0.2, -0.15) is 0 Å². The molecule has 2 aliphatic carbocycles. The quantitative estimate of drug-likeness (QED) is 0.307. The number of benzene rings is 1. The molecule has 0 spiro atoms. The van der Waals surface area contributed by atoms with E-state index in [1.807, 2.05) is 0 Å². The predicted octanol–water partition coefficient (Wildman–Crippen LogP) is 3.36. The molecule has 3 amide bonds. The van der Waals surface area contributed by atoms with Crippen LogP contribution in [0, 0.1) is 23.7 Å². The first-order valence-electron chi connectivity index (χ1n) is 9.23. The highest BCUT2D eigenvalue weighted by Crippen LogP contribution is 2.60. The monoisotopic (exact) mass is 624 g/mol. The molecule has 11 heteroatoms. The van der Waals surface area contributed by atoms with Crippen molar-refractivity contribution in [1.29, 1.82) is 0 Å². The summed E-state index contributed by atoms with van der Waals surface area (Å²) in [6.45, 7) is -1.04. The Hall–Kier alpha value is -0.970. The molecule has 6 atom stereocenters. The molecule has 7 nitrogen and oxygen atoms in total. The summed E-state index contributed by atoms with van der Waals surface area (Å²) in [6, 6.07) is 4.93. The average molecular weight is 628 g/mol. The molecule has 1 N–H and O–H groups in total. The van der Waals surface area contributed by atoms with E-state index in [-0.39, 0.29) is 33.3 Å². The van der Waals surface area contributed by atoms with Crippen molar-refractivity contribution in [3.63, 3.8) is 0 Å². The number of hydrogen-bond acceptors (Lipinski definition) is 5. The van der Waals surface area contributed by atoms with E-state index < -0.39 is 36.9 Å². The highest BCUT2D eigenvalue weighted by molar-refractivity contribution is 9.12. The summed E-state index contributed by atoms with van der Waals surface area (Å²) >= 11 is 16.5. The van der Waals surface area contributed by atoms with Crippen molar-refractivity contribution < 1.29 is 23.9 Å². The lowest BCUT2D eigenvalue weighted by Crippen LogP contribution is -2.38. The second-order valence-corrected chi connectivity index (χ2v) is 11.0. The molecule has 4 rings (SSSR count). The van der Waals surface area contributed by atoms with Crippen molar-refractivity contribution in [2.75, 3.05) is 18.5 Å². The van der Waals surface area contributed by atoms with Crippen LogP contribution < -0.4 is 5.32 Å². The number of halogens is 4. The molecule has 0 unspecified atom stereocenters. The molecule has 0 aromatic heterocycles. The zero-order valence-electron chi connectivity index (χ0n) is 15.3. The van der Waals surface area contributed by atoms with Crippen LogP contribution in [0.4, 0.5) is 5.69 Å². The van der Waals surface area contributed by atoms with E-state index in [4.69, 9.17) is 16.3 Å². The predicted molar refractivity (Wildman–Crippen MR) is 119 cm³/mol. The third kappa shape index (κ3) is 3.84. The average Bonchev–Trinajstić information content (AvgIpc) is 3.29. The Morgan fingerprint density at radius 3 is 2.30 bits per heavy atom. The molecule has 1 aromatic carbocycles. The molecule has 30 heavy (non-hydrogen) atoms. The summed E-state index contributed by atoms with van der Waals surface area (Å²) in [6.07, 6.45) is 0.815. The van der Waals surface area contributed by atoms with Crippen LogP contribution >= 0.6 is 59.4 Å². The van der Waals surface area contributed by atoms with Crippen LogP contribution in [0.2, 0.25) is 5.02 Å². The summed E-state index contributed by atoms with van der Waals surface area (Å²) in [5.41, 5.74) is 0.378. The molecular formula is C19H16Br3ClN2O5. The second kappa shape index (κ2) is 8.52. The van der Waals surface area contributed by atoms with E-state index in [9.17, 15) is 19.2 Å². The van der Waals surface area contributed by atoms with Gasteiger partial charge in [-0.05, 0) is 36.5 Å². The lowest BCUT2D eigenvalue weighted by molar-refractivity contribution is -0.154. The minimum atomic E-state index is -0.813. The first-order valence-corrected chi connectivity index (χ1v) is 12.2. The molecule has 1 heterocycles. The normalized spacial score (nSPS) is 31.8. The topological polar surface area (TPSA) is 92.8 Å². The van der Waals surface area contributed by atoms with Gasteiger partial charge in [-0.3, -0.25) is 24.1 Å². The number of anilines is 1.